The number of hydrogen-bond acceptors (Lipinski definition) is 2. The van der Waals surface area contributed by atoms with E-state index in [0.29, 0.717) is 6.04 Å². The maximum absolute atomic E-state index is 11.4. The molecule has 4 nitrogen and oxygen atoms in total. The standard InChI is InChI=1S/C7H13N3O/c1-9-5-6-4-8-2-3-10(6)7(9)11/h6,8H,2-5H2,1H3/t6-/m1/s1. The highest BCUT2D eigenvalue weighted by atomic mass is 16.2. The molecule has 2 amide bonds. The van der Waals surface area contributed by atoms with Crippen LogP contribution in [0.15, 0.2) is 0 Å². The van der Waals surface area contributed by atoms with Crippen molar-refractivity contribution in [3.05, 3.63) is 0 Å². The quantitative estimate of drug-likeness (QED) is 0.503. The fourth-order valence-electron chi connectivity index (χ4n) is 1.79. The summed E-state index contributed by atoms with van der Waals surface area (Å²) in [4.78, 5) is 15.1. The number of carbonyl (C=O) groups is 1. The fourth-order valence-corrected chi connectivity index (χ4v) is 1.79. The molecule has 11 heavy (non-hydrogen) atoms. The van der Waals surface area contributed by atoms with Crippen molar-refractivity contribution >= 4 is 6.03 Å². The van der Waals surface area contributed by atoms with Gasteiger partial charge in [0.15, 0.2) is 0 Å². The van der Waals surface area contributed by atoms with Gasteiger partial charge in [0, 0.05) is 33.2 Å². The summed E-state index contributed by atoms with van der Waals surface area (Å²) in [7, 11) is 1.86. The van der Waals surface area contributed by atoms with E-state index >= 15 is 0 Å². The zero-order chi connectivity index (χ0) is 7.84. The van der Waals surface area contributed by atoms with E-state index in [4.69, 9.17) is 0 Å². The molecule has 0 aromatic heterocycles. The molecular weight excluding hydrogens is 142 g/mol. The van der Waals surface area contributed by atoms with Crippen LogP contribution in [-0.2, 0) is 0 Å². The Morgan fingerprint density at radius 1 is 1.64 bits per heavy atom. The van der Waals surface area contributed by atoms with Crippen molar-refractivity contribution in [3.8, 4) is 0 Å². The number of urea groups is 1. The van der Waals surface area contributed by atoms with Crippen LogP contribution >= 0.6 is 0 Å². The molecule has 0 saturated carbocycles. The Labute approximate surface area is 66.1 Å². The van der Waals surface area contributed by atoms with Crippen molar-refractivity contribution in [2.75, 3.05) is 33.2 Å². The average Bonchev–Trinajstić information content (AvgIpc) is 2.30. The zero-order valence-electron chi connectivity index (χ0n) is 6.71. The Bertz CT molecular complexity index is 183. The van der Waals surface area contributed by atoms with Crippen molar-refractivity contribution in [3.63, 3.8) is 0 Å². The highest BCUT2D eigenvalue weighted by Crippen LogP contribution is 2.14. The molecule has 2 aliphatic heterocycles. The van der Waals surface area contributed by atoms with Gasteiger partial charge < -0.3 is 15.1 Å². The summed E-state index contributed by atoms with van der Waals surface area (Å²) in [5.41, 5.74) is 0. The van der Waals surface area contributed by atoms with Crippen LogP contribution in [0.1, 0.15) is 0 Å². The predicted molar refractivity (Wildman–Crippen MR) is 41.4 cm³/mol. The van der Waals surface area contributed by atoms with E-state index in [2.05, 4.69) is 5.32 Å². The van der Waals surface area contributed by atoms with Gasteiger partial charge in [0.1, 0.15) is 0 Å². The Balaban J connectivity index is 2.11. The third-order valence-electron chi connectivity index (χ3n) is 2.41. The molecule has 0 aromatic rings. The number of rotatable bonds is 0. The molecule has 0 aliphatic carbocycles. The molecule has 2 saturated heterocycles. The lowest BCUT2D eigenvalue weighted by Gasteiger charge is -2.28. The molecule has 1 N–H and O–H groups in total. The smallest absolute Gasteiger partial charge is 0.320 e. The van der Waals surface area contributed by atoms with Gasteiger partial charge in [-0.2, -0.15) is 0 Å². The van der Waals surface area contributed by atoms with Crippen LogP contribution in [0.3, 0.4) is 0 Å². The van der Waals surface area contributed by atoms with Crippen LogP contribution in [0.5, 0.6) is 0 Å². The number of nitrogens with one attached hydrogen (secondary N) is 1. The first kappa shape index (κ1) is 6.91. The van der Waals surface area contributed by atoms with E-state index in [9.17, 15) is 4.79 Å². The minimum absolute atomic E-state index is 0.191. The molecule has 1 atom stereocenters. The second-order valence-corrected chi connectivity index (χ2v) is 3.21. The van der Waals surface area contributed by atoms with Crippen molar-refractivity contribution in [1.29, 1.82) is 0 Å². The minimum Gasteiger partial charge on any atom is -0.326 e. The third kappa shape index (κ3) is 0.976. The molecular formula is C7H13N3O. The van der Waals surface area contributed by atoms with Gasteiger partial charge in [-0.25, -0.2) is 4.79 Å². The fraction of sp³-hybridized carbons (Fsp3) is 0.857. The SMILES string of the molecule is CN1C[C@H]2CNCCN2C1=O. The van der Waals surface area contributed by atoms with E-state index < -0.39 is 0 Å². The van der Waals surface area contributed by atoms with E-state index in [1.807, 2.05) is 11.9 Å². The molecule has 2 heterocycles. The molecule has 2 aliphatic rings. The maximum atomic E-state index is 11.4. The molecule has 2 fully saturated rings. The summed E-state index contributed by atoms with van der Waals surface area (Å²) >= 11 is 0. The number of likely N-dealkylation sites (N-methyl/N-ethyl adjacent to an activating group) is 1. The largest absolute Gasteiger partial charge is 0.326 e. The van der Waals surface area contributed by atoms with E-state index in [1.165, 1.54) is 0 Å². The highest BCUT2D eigenvalue weighted by molar-refractivity contribution is 5.77. The van der Waals surface area contributed by atoms with Gasteiger partial charge >= 0.3 is 6.03 Å². The maximum Gasteiger partial charge on any atom is 0.320 e. The van der Waals surface area contributed by atoms with Gasteiger partial charge in [-0.05, 0) is 0 Å². The van der Waals surface area contributed by atoms with E-state index in [-0.39, 0.29) is 6.03 Å². The van der Waals surface area contributed by atoms with Gasteiger partial charge in [0.05, 0.1) is 6.04 Å². The number of carbonyl (C=O) groups excluding carboxylic acids is 1. The van der Waals surface area contributed by atoms with Crippen LogP contribution in [-0.4, -0.2) is 55.1 Å². The van der Waals surface area contributed by atoms with Crippen molar-refractivity contribution in [2.24, 2.45) is 0 Å². The van der Waals surface area contributed by atoms with Gasteiger partial charge in [0.2, 0.25) is 0 Å². The number of nitrogens with zero attached hydrogens (tertiary/aromatic N) is 2. The molecule has 0 unspecified atom stereocenters. The summed E-state index contributed by atoms with van der Waals surface area (Å²) < 4.78 is 0. The van der Waals surface area contributed by atoms with Crippen LogP contribution < -0.4 is 5.32 Å². The first-order chi connectivity index (χ1) is 5.29. The normalized spacial score (nSPS) is 31.0. The first-order valence-corrected chi connectivity index (χ1v) is 4.01. The molecule has 62 valence electrons. The first-order valence-electron chi connectivity index (χ1n) is 4.01. The highest BCUT2D eigenvalue weighted by Gasteiger charge is 2.35. The van der Waals surface area contributed by atoms with Gasteiger partial charge in [-0.3, -0.25) is 0 Å². The summed E-state index contributed by atoms with van der Waals surface area (Å²) in [6, 6.07) is 0.609. The molecule has 2 rings (SSSR count). The predicted octanol–water partition coefficient (Wildman–Crippen LogP) is -0.674. The lowest BCUT2D eigenvalue weighted by Crippen LogP contribution is -2.49. The zero-order valence-corrected chi connectivity index (χ0v) is 6.71. The second-order valence-electron chi connectivity index (χ2n) is 3.21. The second kappa shape index (κ2) is 2.37. The number of fused-ring (bicyclic) bond motifs is 1. The van der Waals surface area contributed by atoms with Crippen molar-refractivity contribution < 1.29 is 4.79 Å². The number of hydrogen-bond donors (Lipinski definition) is 1. The van der Waals surface area contributed by atoms with E-state index in [0.717, 1.165) is 26.2 Å². The van der Waals surface area contributed by atoms with Crippen molar-refractivity contribution in [1.82, 2.24) is 15.1 Å². The van der Waals surface area contributed by atoms with Crippen LogP contribution in [0.2, 0.25) is 0 Å². The number of amides is 2. The lowest BCUT2D eigenvalue weighted by molar-refractivity contribution is 0.182. The monoisotopic (exact) mass is 155 g/mol. The third-order valence-corrected chi connectivity index (χ3v) is 2.41. The lowest BCUT2D eigenvalue weighted by atomic mass is 10.2. The van der Waals surface area contributed by atoms with Gasteiger partial charge in [-0.1, -0.05) is 0 Å². The summed E-state index contributed by atoms with van der Waals surface area (Å²) in [5.74, 6) is 0. The summed E-state index contributed by atoms with van der Waals surface area (Å²) in [6.07, 6.45) is 0. The topological polar surface area (TPSA) is 35.6 Å². The number of piperazine rings is 1. The molecule has 0 bridgehead atoms. The average molecular weight is 155 g/mol. The summed E-state index contributed by atoms with van der Waals surface area (Å²) in [5, 5.41) is 3.28. The molecule has 0 spiro atoms. The Morgan fingerprint density at radius 3 is 3.18 bits per heavy atom. The van der Waals surface area contributed by atoms with Gasteiger partial charge in [0.25, 0.3) is 0 Å². The van der Waals surface area contributed by atoms with Crippen molar-refractivity contribution in [2.45, 2.75) is 6.04 Å². The minimum atomic E-state index is 0.191. The Hall–Kier alpha value is -0.770. The molecule has 0 aromatic carbocycles. The van der Waals surface area contributed by atoms with Gasteiger partial charge in [-0.15, -0.1) is 0 Å². The molecule has 4 heteroatoms. The summed E-state index contributed by atoms with van der Waals surface area (Å²) in [6.45, 7) is 3.64. The molecule has 0 radical (unpaired) electrons. The van der Waals surface area contributed by atoms with Crippen LogP contribution in [0, 0.1) is 0 Å². The van der Waals surface area contributed by atoms with Crippen LogP contribution in [0.25, 0.3) is 0 Å². The van der Waals surface area contributed by atoms with Crippen LogP contribution in [0.4, 0.5) is 4.79 Å². The van der Waals surface area contributed by atoms with E-state index in [1.54, 1.807) is 4.90 Å². The Kier molecular flexibility index (Phi) is 1.49. The Morgan fingerprint density at radius 2 is 2.45 bits per heavy atom.